The van der Waals surface area contributed by atoms with Gasteiger partial charge < -0.3 is 15.4 Å². The van der Waals surface area contributed by atoms with Crippen molar-refractivity contribution in [3.05, 3.63) is 65.5 Å². The monoisotopic (exact) mass is 288 g/mol. The van der Waals surface area contributed by atoms with Crippen LogP contribution in [-0.2, 0) is 6.54 Å². The van der Waals surface area contributed by atoms with Crippen molar-refractivity contribution in [2.75, 3.05) is 20.7 Å². The van der Waals surface area contributed by atoms with Crippen molar-refractivity contribution in [1.82, 2.24) is 4.90 Å². The molecule has 0 heterocycles. The molecule has 21 heavy (non-hydrogen) atoms. The highest BCUT2D eigenvalue weighted by molar-refractivity contribution is 5.27. The molecule has 2 N–H and O–H groups in total. The van der Waals surface area contributed by atoms with Crippen molar-refractivity contribution in [3.63, 3.8) is 0 Å². The molecule has 2 rings (SSSR count). The van der Waals surface area contributed by atoms with Crippen LogP contribution >= 0.6 is 0 Å². The fraction of sp³-hybridized carbons (Fsp3) is 0.294. The quantitative estimate of drug-likeness (QED) is 0.888. The van der Waals surface area contributed by atoms with Crippen molar-refractivity contribution in [2.24, 2.45) is 5.73 Å². The average molecular weight is 288 g/mol. The van der Waals surface area contributed by atoms with Crippen LogP contribution in [0.4, 0.5) is 4.39 Å². The minimum atomic E-state index is -0.249. The molecule has 0 aliphatic heterocycles. The number of ether oxygens (including phenoxy) is 1. The van der Waals surface area contributed by atoms with Gasteiger partial charge in [0.2, 0.25) is 0 Å². The van der Waals surface area contributed by atoms with E-state index >= 15 is 0 Å². The normalized spacial score (nSPS) is 12.4. The number of methoxy groups -OCH3 is 1. The van der Waals surface area contributed by atoms with Gasteiger partial charge in [-0.1, -0.05) is 24.3 Å². The zero-order valence-corrected chi connectivity index (χ0v) is 12.4. The predicted molar refractivity (Wildman–Crippen MR) is 82.7 cm³/mol. The zero-order chi connectivity index (χ0) is 15.2. The molecule has 0 aliphatic rings. The number of hydrogen-bond acceptors (Lipinski definition) is 3. The Labute approximate surface area is 125 Å². The highest BCUT2D eigenvalue weighted by Gasteiger charge is 2.10. The summed E-state index contributed by atoms with van der Waals surface area (Å²) in [6.07, 6.45) is 0. The van der Waals surface area contributed by atoms with Crippen LogP contribution in [-0.4, -0.2) is 25.6 Å². The van der Waals surface area contributed by atoms with E-state index in [1.54, 1.807) is 13.2 Å². The van der Waals surface area contributed by atoms with Gasteiger partial charge in [-0.25, -0.2) is 4.39 Å². The Balaban J connectivity index is 1.92. The number of benzene rings is 2. The largest absolute Gasteiger partial charge is 0.497 e. The Morgan fingerprint density at radius 2 is 1.90 bits per heavy atom. The van der Waals surface area contributed by atoms with Crippen molar-refractivity contribution >= 4 is 0 Å². The molecule has 0 aliphatic carbocycles. The highest BCUT2D eigenvalue weighted by Crippen LogP contribution is 2.16. The molecule has 0 amide bonds. The SMILES string of the molecule is COc1ccc(CN(C)CC(N)c2cccc(F)c2)cc1. The molecule has 0 bridgehead atoms. The van der Waals surface area contributed by atoms with Crippen LogP contribution in [0.15, 0.2) is 48.5 Å². The van der Waals surface area contributed by atoms with Crippen LogP contribution in [0.25, 0.3) is 0 Å². The smallest absolute Gasteiger partial charge is 0.123 e. The lowest BCUT2D eigenvalue weighted by Crippen LogP contribution is -2.28. The van der Waals surface area contributed by atoms with E-state index in [1.807, 2.05) is 37.4 Å². The number of rotatable bonds is 6. The van der Waals surface area contributed by atoms with Crippen LogP contribution in [0.5, 0.6) is 5.75 Å². The van der Waals surface area contributed by atoms with Gasteiger partial charge in [-0.05, 0) is 42.4 Å². The van der Waals surface area contributed by atoms with Crippen molar-refractivity contribution < 1.29 is 9.13 Å². The number of halogens is 1. The molecule has 1 atom stereocenters. The number of likely N-dealkylation sites (N-methyl/N-ethyl adjacent to an activating group) is 1. The number of nitrogens with two attached hydrogens (primary N) is 1. The fourth-order valence-electron chi connectivity index (χ4n) is 2.29. The van der Waals surface area contributed by atoms with E-state index in [1.165, 1.54) is 17.7 Å². The lowest BCUT2D eigenvalue weighted by atomic mass is 10.1. The Kier molecular flexibility index (Phi) is 5.31. The molecule has 0 fully saturated rings. The summed E-state index contributed by atoms with van der Waals surface area (Å²) in [5.74, 6) is 0.596. The van der Waals surface area contributed by atoms with Gasteiger partial charge in [0.05, 0.1) is 7.11 Å². The molecular weight excluding hydrogens is 267 g/mol. The molecule has 0 spiro atoms. The molecule has 3 nitrogen and oxygen atoms in total. The Morgan fingerprint density at radius 1 is 1.19 bits per heavy atom. The first-order valence-corrected chi connectivity index (χ1v) is 6.91. The predicted octanol–water partition coefficient (Wildman–Crippen LogP) is 2.97. The van der Waals surface area contributed by atoms with Crippen molar-refractivity contribution in [2.45, 2.75) is 12.6 Å². The maximum absolute atomic E-state index is 13.2. The molecule has 0 radical (unpaired) electrons. The molecule has 0 aromatic heterocycles. The third kappa shape index (κ3) is 4.55. The third-order valence-electron chi connectivity index (χ3n) is 3.40. The van der Waals surface area contributed by atoms with Crippen LogP contribution < -0.4 is 10.5 Å². The summed E-state index contributed by atoms with van der Waals surface area (Å²) in [5.41, 5.74) is 8.14. The van der Waals surface area contributed by atoms with E-state index < -0.39 is 0 Å². The van der Waals surface area contributed by atoms with Gasteiger partial charge in [0.1, 0.15) is 11.6 Å². The summed E-state index contributed by atoms with van der Waals surface area (Å²) in [5, 5.41) is 0. The van der Waals surface area contributed by atoms with Crippen LogP contribution in [0.3, 0.4) is 0 Å². The van der Waals surface area contributed by atoms with Gasteiger partial charge in [-0.15, -0.1) is 0 Å². The standard InChI is InChI=1S/C17H21FN2O/c1-20(11-13-6-8-16(21-2)9-7-13)12-17(19)14-4-3-5-15(18)10-14/h3-10,17H,11-12,19H2,1-2H3. The second kappa shape index (κ2) is 7.20. The first-order valence-electron chi connectivity index (χ1n) is 6.91. The summed E-state index contributed by atoms with van der Waals surface area (Å²) in [6.45, 7) is 1.45. The molecule has 0 saturated carbocycles. The van der Waals surface area contributed by atoms with Crippen molar-refractivity contribution in [3.8, 4) is 5.75 Å². The summed E-state index contributed by atoms with van der Waals surface area (Å²) in [4.78, 5) is 2.12. The minimum absolute atomic E-state index is 0.205. The summed E-state index contributed by atoms with van der Waals surface area (Å²) in [6, 6.07) is 14.2. The van der Waals surface area contributed by atoms with Gasteiger partial charge in [-0.3, -0.25) is 0 Å². The molecule has 2 aromatic rings. The first kappa shape index (κ1) is 15.5. The van der Waals surface area contributed by atoms with E-state index in [2.05, 4.69) is 4.90 Å². The second-order valence-electron chi connectivity index (χ2n) is 5.21. The molecule has 2 aromatic carbocycles. The van der Waals surface area contributed by atoms with E-state index in [-0.39, 0.29) is 11.9 Å². The lowest BCUT2D eigenvalue weighted by Gasteiger charge is -2.21. The number of nitrogens with zero attached hydrogens (tertiary/aromatic N) is 1. The second-order valence-corrected chi connectivity index (χ2v) is 5.21. The van der Waals surface area contributed by atoms with Crippen LogP contribution in [0.2, 0.25) is 0 Å². The minimum Gasteiger partial charge on any atom is -0.497 e. The fourth-order valence-corrected chi connectivity index (χ4v) is 2.29. The molecule has 0 saturated heterocycles. The van der Waals surface area contributed by atoms with E-state index in [0.717, 1.165) is 17.9 Å². The first-order chi connectivity index (χ1) is 10.1. The molecule has 1 unspecified atom stereocenters. The van der Waals surface area contributed by atoms with Crippen molar-refractivity contribution in [1.29, 1.82) is 0 Å². The molecular formula is C17H21FN2O. The Morgan fingerprint density at radius 3 is 2.52 bits per heavy atom. The van der Waals surface area contributed by atoms with Gasteiger partial charge in [0, 0.05) is 19.1 Å². The molecule has 4 heteroatoms. The van der Waals surface area contributed by atoms with Gasteiger partial charge in [0.25, 0.3) is 0 Å². The van der Waals surface area contributed by atoms with E-state index in [0.29, 0.717) is 6.54 Å². The Bertz CT molecular complexity index is 571. The van der Waals surface area contributed by atoms with Gasteiger partial charge >= 0.3 is 0 Å². The van der Waals surface area contributed by atoms with E-state index in [9.17, 15) is 4.39 Å². The van der Waals surface area contributed by atoms with Gasteiger partial charge in [0.15, 0.2) is 0 Å². The third-order valence-corrected chi connectivity index (χ3v) is 3.40. The zero-order valence-electron chi connectivity index (χ0n) is 12.4. The maximum atomic E-state index is 13.2. The summed E-state index contributed by atoms with van der Waals surface area (Å²) in [7, 11) is 3.66. The van der Waals surface area contributed by atoms with Gasteiger partial charge in [-0.2, -0.15) is 0 Å². The maximum Gasteiger partial charge on any atom is 0.123 e. The topological polar surface area (TPSA) is 38.5 Å². The summed E-state index contributed by atoms with van der Waals surface area (Å²) < 4.78 is 18.3. The molecule has 112 valence electrons. The Hall–Kier alpha value is -1.91. The van der Waals surface area contributed by atoms with Crippen LogP contribution in [0.1, 0.15) is 17.2 Å². The average Bonchev–Trinajstić information content (AvgIpc) is 2.48. The number of hydrogen-bond donors (Lipinski definition) is 1. The summed E-state index contributed by atoms with van der Waals surface area (Å²) >= 11 is 0. The lowest BCUT2D eigenvalue weighted by molar-refractivity contribution is 0.305. The van der Waals surface area contributed by atoms with Crippen LogP contribution in [0, 0.1) is 5.82 Å². The van der Waals surface area contributed by atoms with E-state index in [4.69, 9.17) is 10.5 Å². The highest BCUT2D eigenvalue weighted by atomic mass is 19.1.